The van der Waals surface area contributed by atoms with Gasteiger partial charge >= 0.3 is 0 Å². The van der Waals surface area contributed by atoms with Gasteiger partial charge in [0.1, 0.15) is 0 Å². The second-order valence-corrected chi connectivity index (χ2v) is 16.2. The van der Waals surface area contributed by atoms with E-state index in [4.69, 9.17) is 0 Å². The molecule has 0 bridgehead atoms. The van der Waals surface area contributed by atoms with Crippen molar-refractivity contribution in [3.63, 3.8) is 0 Å². The first kappa shape index (κ1) is 33.8. The quantitative estimate of drug-likeness (QED) is 0.169. The SMILES string of the molecule is CC(C)(C)c1ccc(Nc2ccc(-c3ccc(Nc4ccc(C(C)(C)C)cc4)c(-c4ccc(Br)cc4)c3-c3ccc(Br)cc3)cc2)cc1. The van der Waals surface area contributed by atoms with Crippen molar-refractivity contribution in [2.24, 2.45) is 0 Å². The molecule has 6 rings (SSSR count). The fourth-order valence-electron chi connectivity index (χ4n) is 5.94. The summed E-state index contributed by atoms with van der Waals surface area (Å²) in [5.41, 5.74) is 14.1. The Morgan fingerprint density at radius 2 is 0.750 bits per heavy atom. The standard InChI is InChI=1S/C44H42Br2N2/c1-43(2,3)32-13-23-37(24-14-32)47-36-21-11-29(12-22-36)39-27-28-40(48-38-25-15-33(16-26-38)44(4,5)6)42(31-9-19-35(46)20-10-31)41(39)30-7-17-34(45)18-8-30/h7-28,47-48H,1-6H3. The summed E-state index contributed by atoms with van der Waals surface area (Å²) in [4.78, 5) is 0. The van der Waals surface area contributed by atoms with Crippen LogP contribution in [0.4, 0.5) is 22.7 Å². The van der Waals surface area contributed by atoms with Gasteiger partial charge in [-0.1, -0.05) is 140 Å². The molecule has 0 aliphatic heterocycles. The molecule has 0 aliphatic rings. The lowest BCUT2D eigenvalue weighted by Crippen LogP contribution is -2.10. The zero-order valence-corrected chi connectivity index (χ0v) is 31.6. The van der Waals surface area contributed by atoms with Gasteiger partial charge in [0, 0.05) is 37.3 Å². The molecule has 2 N–H and O–H groups in total. The third kappa shape index (κ3) is 7.77. The molecule has 0 saturated carbocycles. The summed E-state index contributed by atoms with van der Waals surface area (Å²) >= 11 is 7.31. The van der Waals surface area contributed by atoms with E-state index in [1.165, 1.54) is 22.3 Å². The number of anilines is 4. The van der Waals surface area contributed by atoms with Gasteiger partial charge in [0.25, 0.3) is 0 Å². The number of benzene rings is 6. The Morgan fingerprint density at radius 3 is 1.19 bits per heavy atom. The maximum absolute atomic E-state index is 3.78. The lowest BCUT2D eigenvalue weighted by atomic mass is 9.86. The number of halogens is 2. The van der Waals surface area contributed by atoms with E-state index in [-0.39, 0.29) is 10.8 Å². The van der Waals surface area contributed by atoms with Crippen molar-refractivity contribution < 1.29 is 0 Å². The first-order valence-corrected chi connectivity index (χ1v) is 18.0. The zero-order valence-electron chi connectivity index (χ0n) is 28.5. The zero-order chi connectivity index (χ0) is 34.1. The highest BCUT2D eigenvalue weighted by Gasteiger charge is 2.20. The summed E-state index contributed by atoms with van der Waals surface area (Å²) in [6, 6.07) is 48.0. The third-order valence-corrected chi connectivity index (χ3v) is 9.79. The topological polar surface area (TPSA) is 24.1 Å². The monoisotopic (exact) mass is 756 g/mol. The van der Waals surface area contributed by atoms with Gasteiger partial charge in [-0.3, -0.25) is 0 Å². The summed E-state index contributed by atoms with van der Waals surface area (Å²) in [6.07, 6.45) is 0. The van der Waals surface area contributed by atoms with Gasteiger partial charge in [0.2, 0.25) is 0 Å². The minimum Gasteiger partial charge on any atom is -0.356 e. The van der Waals surface area contributed by atoms with E-state index in [0.717, 1.165) is 53.9 Å². The first-order chi connectivity index (χ1) is 22.8. The number of hydrogen-bond acceptors (Lipinski definition) is 2. The molecule has 0 atom stereocenters. The van der Waals surface area contributed by atoms with E-state index in [9.17, 15) is 0 Å². The molecule has 0 radical (unpaired) electrons. The van der Waals surface area contributed by atoms with Crippen LogP contribution in [0, 0.1) is 0 Å². The van der Waals surface area contributed by atoms with Gasteiger partial charge in [0.15, 0.2) is 0 Å². The van der Waals surface area contributed by atoms with Crippen LogP contribution in [0.25, 0.3) is 33.4 Å². The number of hydrogen-bond donors (Lipinski definition) is 2. The van der Waals surface area contributed by atoms with E-state index in [1.54, 1.807) is 0 Å². The van der Waals surface area contributed by atoms with Gasteiger partial charge in [-0.05, 0) is 117 Å². The smallest absolute Gasteiger partial charge is 0.0470 e. The van der Waals surface area contributed by atoms with Crippen LogP contribution in [0.2, 0.25) is 0 Å². The van der Waals surface area contributed by atoms with Crippen molar-refractivity contribution in [3.05, 3.63) is 154 Å². The average molecular weight is 759 g/mol. The van der Waals surface area contributed by atoms with E-state index < -0.39 is 0 Å². The van der Waals surface area contributed by atoms with Crippen molar-refractivity contribution in [1.29, 1.82) is 0 Å². The van der Waals surface area contributed by atoms with Crippen LogP contribution in [0.5, 0.6) is 0 Å². The van der Waals surface area contributed by atoms with Crippen LogP contribution in [0.15, 0.2) is 142 Å². The van der Waals surface area contributed by atoms with Crippen LogP contribution in [0.3, 0.4) is 0 Å². The highest BCUT2D eigenvalue weighted by molar-refractivity contribution is 9.10. The van der Waals surface area contributed by atoms with E-state index in [1.807, 2.05) is 0 Å². The lowest BCUT2D eigenvalue weighted by Gasteiger charge is -2.22. The second kappa shape index (κ2) is 13.8. The fraction of sp³-hybridized carbons (Fsp3) is 0.182. The molecule has 0 spiro atoms. The van der Waals surface area contributed by atoms with Crippen molar-refractivity contribution in [1.82, 2.24) is 0 Å². The molecule has 0 saturated heterocycles. The molecule has 6 aromatic rings. The molecule has 0 heterocycles. The Bertz CT molecular complexity index is 2000. The van der Waals surface area contributed by atoms with Gasteiger partial charge in [-0.15, -0.1) is 0 Å². The predicted octanol–water partition coefficient (Wildman–Crippen LogP) is 14.3. The van der Waals surface area contributed by atoms with E-state index in [0.29, 0.717) is 0 Å². The van der Waals surface area contributed by atoms with Crippen molar-refractivity contribution >= 4 is 54.6 Å². The highest BCUT2D eigenvalue weighted by Crippen LogP contribution is 2.46. The molecule has 0 aromatic heterocycles. The lowest BCUT2D eigenvalue weighted by molar-refractivity contribution is 0.590. The summed E-state index contributed by atoms with van der Waals surface area (Å²) in [6.45, 7) is 13.5. The molecule has 2 nitrogen and oxygen atoms in total. The predicted molar refractivity (Wildman–Crippen MR) is 215 cm³/mol. The molecular formula is C44H42Br2N2. The number of nitrogens with one attached hydrogen (secondary N) is 2. The van der Waals surface area contributed by atoms with Crippen LogP contribution in [-0.2, 0) is 10.8 Å². The summed E-state index contributed by atoms with van der Waals surface area (Å²) in [7, 11) is 0. The Hall–Kier alpha value is -4.12. The maximum Gasteiger partial charge on any atom is 0.0470 e. The minimum atomic E-state index is 0.0967. The van der Waals surface area contributed by atoms with Crippen LogP contribution < -0.4 is 10.6 Å². The van der Waals surface area contributed by atoms with Crippen molar-refractivity contribution in [2.75, 3.05) is 10.6 Å². The Morgan fingerprint density at radius 1 is 0.375 bits per heavy atom. The van der Waals surface area contributed by atoms with Crippen molar-refractivity contribution in [2.45, 2.75) is 52.4 Å². The molecule has 0 amide bonds. The van der Waals surface area contributed by atoms with Crippen LogP contribution in [0.1, 0.15) is 52.7 Å². The van der Waals surface area contributed by atoms with E-state index >= 15 is 0 Å². The molecule has 4 heteroatoms. The van der Waals surface area contributed by atoms with Crippen LogP contribution in [-0.4, -0.2) is 0 Å². The molecule has 48 heavy (non-hydrogen) atoms. The molecule has 0 unspecified atom stereocenters. The normalized spacial score (nSPS) is 11.8. The Labute approximate surface area is 302 Å². The van der Waals surface area contributed by atoms with Gasteiger partial charge in [-0.2, -0.15) is 0 Å². The van der Waals surface area contributed by atoms with Gasteiger partial charge in [0.05, 0.1) is 0 Å². The third-order valence-electron chi connectivity index (χ3n) is 8.74. The van der Waals surface area contributed by atoms with Crippen molar-refractivity contribution in [3.8, 4) is 33.4 Å². The first-order valence-electron chi connectivity index (χ1n) is 16.4. The molecular weight excluding hydrogens is 716 g/mol. The maximum atomic E-state index is 3.78. The largest absolute Gasteiger partial charge is 0.356 e. The highest BCUT2D eigenvalue weighted by atomic mass is 79.9. The molecule has 0 fully saturated rings. The Balaban J connectivity index is 1.44. The minimum absolute atomic E-state index is 0.0967. The summed E-state index contributed by atoms with van der Waals surface area (Å²) < 4.78 is 2.10. The Kier molecular flexibility index (Phi) is 9.69. The van der Waals surface area contributed by atoms with Gasteiger partial charge < -0.3 is 10.6 Å². The fourth-order valence-corrected chi connectivity index (χ4v) is 6.47. The second-order valence-electron chi connectivity index (χ2n) is 14.4. The number of rotatable bonds is 7. The molecule has 242 valence electrons. The molecule has 6 aromatic carbocycles. The summed E-state index contributed by atoms with van der Waals surface area (Å²) in [5.74, 6) is 0. The summed E-state index contributed by atoms with van der Waals surface area (Å²) in [5, 5.41) is 7.37. The van der Waals surface area contributed by atoms with Gasteiger partial charge in [-0.25, -0.2) is 0 Å². The average Bonchev–Trinajstić information content (AvgIpc) is 3.06. The molecule has 0 aliphatic carbocycles. The van der Waals surface area contributed by atoms with E-state index in [2.05, 4.69) is 217 Å². The van der Waals surface area contributed by atoms with Crippen LogP contribution >= 0.6 is 31.9 Å².